The van der Waals surface area contributed by atoms with Crippen molar-refractivity contribution < 1.29 is 4.74 Å². The number of nitrogens with zero attached hydrogens (tertiary/aromatic N) is 1. The van der Waals surface area contributed by atoms with Crippen molar-refractivity contribution in [2.24, 2.45) is 0 Å². The van der Waals surface area contributed by atoms with Crippen LogP contribution in [0.3, 0.4) is 0 Å². The van der Waals surface area contributed by atoms with E-state index in [2.05, 4.69) is 63.2 Å². The highest BCUT2D eigenvalue weighted by Crippen LogP contribution is 2.27. The second kappa shape index (κ2) is 8.28. The predicted octanol–water partition coefficient (Wildman–Crippen LogP) is 3.38. The molecule has 0 fully saturated rings. The largest absolute Gasteiger partial charge is 0.496 e. The van der Waals surface area contributed by atoms with Crippen molar-refractivity contribution >= 4 is 0 Å². The molecule has 3 nitrogen and oxygen atoms in total. The van der Waals surface area contributed by atoms with Crippen LogP contribution in [-0.4, -0.2) is 38.2 Å². The Morgan fingerprint density at radius 2 is 2.00 bits per heavy atom. The molecule has 0 saturated heterocycles. The van der Waals surface area contributed by atoms with Crippen LogP contribution >= 0.6 is 0 Å². The topological polar surface area (TPSA) is 24.5 Å². The molecule has 0 aliphatic rings. The van der Waals surface area contributed by atoms with Gasteiger partial charge in [0, 0.05) is 24.2 Å². The molecule has 0 aromatic heterocycles. The summed E-state index contributed by atoms with van der Waals surface area (Å²) in [4.78, 5) is 2.41. The molecular weight excluding hydrogens is 248 g/mol. The molecule has 0 amide bonds. The van der Waals surface area contributed by atoms with Crippen molar-refractivity contribution in [1.29, 1.82) is 0 Å². The fraction of sp³-hybridized carbons (Fsp3) is 0.647. The fourth-order valence-corrected chi connectivity index (χ4v) is 2.42. The Morgan fingerprint density at radius 3 is 2.55 bits per heavy atom. The Labute approximate surface area is 124 Å². The first-order valence-corrected chi connectivity index (χ1v) is 7.61. The number of aryl methyl sites for hydroxylation is 1. The number of ether oxygens (including phenoxy) is 1. The van der Waals surface area contributed by atoms with Gasteiger partial charge in [-0.2, -0.15) is 0 Å². The Hall–Kier alpha value is -1.06. The van der Waals surface area contributed by atoms with Gasteiger partial charge in [0.1, 0.15) is 5.75 Å². The minimum absolute atomic E-state index is 0.300. The molecule has 20 heavy (non-hydrogen) atoms. The number of rotatable bonds is 8. The zero-order valence-corrected chi connectivity index (χ0v) is 13.9. The standard InChI is InChI=1S/C17H30N2O/c1-7-14(4)19(5)12-16(18-8-2)15-11-13(3)9-10-17(15)20-6/h9-11,14,16,18H,7-8,12H2,1-6H3. The third-order valence-corrected chi connectivity index (χ3v) is 4.02. The van der Waals surface area contributed by atoms with E-state index in [-0.39, 0.29) is 0 Å². The van der Waals surface area contributed by atoms with E-state index >= 15 is 0 Å². The van der Waals surface area contributed by atoms with E-state index in [1.54, 1.807) is 7.11 Å². The minimum atomic E-state index is 0.300. The lowest BCUT2D eigenvalue weighted by atomic mass is 10.0. The lowest BCUT2D eigenvalue weighted by Crippen LogP contribution is -2.37. The highest BCUT2D eigenvalue weighted by Gasteiger charge is 2.19. The van der Waals surface area contributed by atoms with Crippen LogP contribution in [0, 0.1) is 6.92 Å². The summed E-state index contributed by atoms with van der Waals surface area (Å²) in [5.41, 5.74) is 2.53. The summed E-state index contributed by atoms with van der Waals surface area (Å²) in [5.74, 6) is 0.971. The fourth-order valence-electron chi connectivity index (χ4n) is 2.42. The van der Waals surface area contributed by atoms with Gasteiger partial charge in [-0.15, -0.1) is 0 Å². The van der Waals surface area contributed by atoms with E-state index in [1.807, 2.05) is 0 Å². The van der Waals surface area contributed by atoms with E-state index in [9.17, 15) is 0 Å². The monoisotopic (exact) mass is 278 g/mol. The summed E-state index contributed by atoms with van der Waals surface area (Å²) in [6.07, 6.45) is 1.17. The summed E-state index contributed by atoms with van der Waals surface area (Å²) < 4.78 is 5.54. The first-order valence-electron chi connectivity index (χ1n) is 7.61. The molecule has 114 valence electrons. The van der Waals surface area contributed by atoms with Gasteiger partial charge in [-0.1, -0.05) is 31.5 Å². The zero-order valence-electron chi connectivity index (χ0n) is 13.9. The molecule has 2 atom stereocenters. The maximum Gasteiger partial charge on any atom is 0.123 e. The van der Waals surface area contributed by atoms with Crippen LogP contribution in [0.25, 0.3) is 0 Å². The lowest BCUT2D eigenvalue weighted by Gasteiger charge is -2.30. The third-order valence-electron chi connectivity index (χ3n) is 4.02. The van der Waals surface area contributed by atoms with E-state index in [4.69, 9.17) is 4.74 Å². The molecule has 0 bridgehead atoms. The van der Waals surface area contributed by atoms with Gasteiger partial charge in [0.25, 0.3) is 0 Å². The maximum absolute atomic E-state index is 5.54. The molecule has 0 spiro atoms. The predicted molar refractivity (Wildman–Crippen MR) is 86.5 cm³/mol. The van der Waals surface area contributed by atoms with Crippen LogP contribution in [0.4, 0.5) is 0 Å². The molecule has 3 heteroatoms. The SMILES string of the molecule is CCNC(CN(C)C(C)CC)c1cc(C)ccc1OC. The van der Waals surface area contributed by atoms with E-state index in [1.165, 1.54) is 17.5 Å². The Kier molecular flexibility index (Phi) is 7.03. The summed E-state index contributed by atoms with van der Waals surface area (Å²) in [7, 11) is 3.94. The van der Waals surface area contributed by atoms with Crippen molar-refractivity contribution in [3.05, 3.63) is 29.3 Å². The number of likely N-dealkylation sites (N-methyl/N-ethyl adjacent to an activating group) is 2. The smallest absolute Gasteiger partial charge is 0.123 e. The van der Waals surface area contributed by atoms with Crippen molar-refractivity contribution in [3.63, 3.8) is 0 Å². The first-order chi connectivity index (χ1) is 9.53. The second-order valence-corrected chi connectivity index (χ2v) is 5.55. The van der Waals surface area contributed by atoms with Gasteiger partial charge < -0.3 is 15.0 Å². The van der Waals surface area contributed by atoms with Crippen LogP contribution in [0.5, 0.6) is 5.75 Å². The van der Waals surface area contributed by atoms with Gasteiger partial charge in [0.15, 0.2) is 0 Å². The zero-order chi connectivity index (χ0) is 15.1. The molecular formula is C17H30N2O. The lowest BCUT2D eigenvalue weighted by molar-refractivity contribution is 0.223. The van der Waals surface area contributed by atoms with Crippen LogP contribution < -0.4 is 10.1 Å². The van der Waals surface area contributed by atoms with Gasteiger partial charge in [-0.3, -0.25) is 0 Å². The van der Waals surface area contributed by atoms with Crippen molar-refractivity contribution in [2.75, 3.05) is 27.2 Å². The Bertz CT molecular complexity index is 406. The van der Waals surface area contributed by atoms with Gasteiger partial charge in [0.05, 0.1) is 7.11 Å². The molecule has 0 aliphatic heterocycles. The van der Waals surface area contributed by atoms with Crippen molar-refractivity contribution in [3.8, 4) is 5.75 Å². The molecule has 0 aliphatic carbocycles. The molecule has 2 unspecified atom stereocenters. The van der Waals surface area contributed by atoms with Crippen molar-refractivity contribution in [2.45, 2.75) is 46.2 Å². The molecule has 0 radical (unpaired) electrons. The highest BCUT2D eigenvalue weighted by molar-refractivity contribution is 5.39. The quantitative estimate of drug-likeness (QED) is 0.789. The van der Waals surface area contributed by atoms with Gasteiger partial charge >= 0.3 is 0 Å². The van der Waals surface area contributed by atoms with Gasteiger partial charge in [0.2, 0.25) is 0 Å². The highest BCUT2D eigenvalue weighted by atomic mass is 16.5. The summed E-state index contributed by atoms with van der Waals surface area (Å²) in [6.45, 7) is 10.7. The van der Waals surface area contributed by atoms with Crippen LogP contribution in [0.1, 0.15) is 44.4 Å². The normalized spacial score (nSPS) is 14.3. The van der Waals surface area contributed by atoms with Crippen LogP contribution in [0.2, 0.25) is 0 Å². The van der Waals surface area contributed by atoms with Crippen LogP contribution in [0.15, 0.2) is 18.2 Å². The van der Waals surface area contributed by atoms with Crippen molar-refractivity contribution in [1.82, 2.24) is 10.2 Å². The summed E-state index contributed by atoms with van der Waals surface area (Å²) >= 11 is 0. The van der Waals surface area contributed by atoms with E-state index in [0.29, 0.717) is 12.1 Å². The average Bonchev–Trinajstić information content (AvgIpc) is 2.45. The van der Waals surface area contributed by atoms with E-state index in [0.717, 1.165) is 18.8 Å². The minimum Gasteiger partial charge on any atom is -0.496 e. The van der Waals surface area contributed by atoms with E-state index < -0.39 is 0 Å². The molecule has 0 saturated carbocycles. The third kappa shape index (κ3) is 4.50. The first kappa shape index (κ1) is 17.0. The molecule has 1 rings (SSSR count). The number of nitrogens with one attached hydrogen (secondary N) is 1. The number of hydrogen-bond acceptors (Lipinski definition) is 3. The average molecular weight is 278 g/mol. The second-order valence-electron chi connectivity index (χ2n) is 5.55. The Morgan fingerprint density at radius 1 is 1.30 bits per heavy atom. The van der Waals surface area contributed by atoms with Gasteiger partial charge in [-0.25, -0.2) is 0 Å². The Balaban J connectivity index is 2.98. The number of benzene rings is 1. The van der Waals surface area contributed by atoms with Crippen LogP contribution in [-0.2, 0) is 0 Å². The number of hydrogen-bond donors (Lipinski definition) is 1. The molecule has 1 N–H and O–H groups in total. The number of methoxy groups -OCH3 is 1. The summed E-state index contributed by atoms with van der Waals surface area (Å²) in [5, 5.41) is 3.59. The molecule has 1 aromatic carbocycles. The molecule has 1 aromatic rings. The molecule has 0 heterocycles. The van der Waals surface area contributed by atoms with Gasteiger partial charge in [-0.05, 0) is 39.9 Å². The maximum atomic E-state index is 5.54. The summed E-state index contributed by atoms with van der Waals surface area (Å²) in [6, 6.07) is 7.29.